The number of nitrogens with zero attached hydrogens (tertiary/aromatic N) is 2. The molecule has 0 saturated carbocycles. The summed E-state index contributed by atoms with van der Waals surface area (Å²) in [5.74, 6) is -3.71. The highest BCUT2D eigenvalue weighted by Crippen LogP contribution is 2.28. The van der Waals surface area contributed by atoms with Gasteiger partial charge in [0.2, 0.25) is 0 Å². The third-order valence-electron chi connectivity index (χ3n) is 4.00. The van der Waals surface area contributed by atoms with Gasteiger partial charge < -0.3 is 11.1 Å². The molecule has 3 rings (SSSR count). The summed E-state index contributed by atoms with van der Waals surface area (Å²) < 4.78 is 29.1. The average molecular weight is 436 g/mol. The van der Waals surface area contributed by atoms with Crippen LogP contribution in [-0.2, 0) is 12.8 Å². The topological polar surface area (TPSA) is 72.9 Å². The van der Waals surface area contributed by atoms with Gasteiger partial charge in [0.05, 0.1) is 18.8 Å². The van der Waals surface area contributed by atoms with Crippen molar-refractivity contribution in [1.29, 1.82) is 0 Å². The molecule has 1 aromatic carbocycles. The first-order valence-corrected chi connectivity index (χ1v) is 8.43. The quantitative estimate of drug-likeness (QED) is 0.758. The molecule has 0 atom stereocenters. The Labute approximate surface area is 158 Å². The third kappa shape index (κ3) is 4.19. The number of rotatable bonds is 5. The summed E-state index contributed by atoms with van der Waals surface area (Å²) in [7, 11) is 0. The van der Waals surface area contributed by atoms with Gasteiger partial charge in [-0.15, -0.1) is 12.4 Å². The summed E-state index contributed by atoms with van der Waals surface area (Å²) in [4.78, 5) is 12.3. The van der Waals surface area contributed by atoms with E-state index in [1.807, 2.05) is 24.3 Å². The third-order valence-corrected chi connectivity index (χ3v) is 4.50. The number of amides is 1. The van der Waals surface area contributed by atoms with Crippen molar-refractivity contribution in [3.8, 4) is 5.69 Å². The maximum atomic E-state index is 13.2. The second-order valence-electron chi connectivity index (χ2n) is 5.76. The highest BCUT2D eigenvalue weighted by atomic mass is 79.9. The van der Waals surface area contributed by atoms with Crippen molar-refractivity contribution in [3.63, 3.8) is 0 Å². The Morgan fingerprint density at radius 3 is 2.84 bits per heavy atom. The second-order valence-corrected chi connectivity index (χ2v) is 6.68. The first kappa shape index (κ1) is 19.8. The van der Waals surface area contributed by atoms with Crippen LogP contribution in [0.25, 0.3) is 5.69 Å². The first-order valence-electron chi connectivity index (χ1n) is 7.64. The summed E-state index contributed by atoms with van der Waals surface area (Å²) >= 11 is 3.41. The fourth-order valence-corrected chi connectivity index (χ4v) is 3.19. The molecule has 0 radical (unpaired) electrons. The van der Waals surface area contributed by atoms with Crippen LogP contribution >= 0.6 is 28.3 Å². The minimum atomic E-state index is -3.12. The van der Waals surface area contributed by atoms with E-state index in [-0.39, 0.29) is 18.1 Å². The van der Waals surface area contributed by atoms with E-state index >= 15 is 0 Å². The van der Waals surface area contributed by atoms with E-state index < -0.39 is 24.9 Å². The molecule has 0 saturated heterocycles. The molecular weight excluding hydrogens is 418 g/mol. The van der Waals surface area contributed by atoms with E-state index in [0.717, 1.165) is 40.7 Å². The zero-order valence-corrected chi connectivity index (χ0v) is 15.7. The smallest absolute Gasteiger partial charge is 0.277 e. The van der Waals surface area contributed by atoms with Gasteiger partial charge in [-0.3, -0.25) is 4.79 Å². The van der Waals surface area contributed by atoms with Crippen molar-refractivity contribution in [2.45, 2.75) is 25.2 Å². The fraction of sp³-hybridized carbons (Fsp3) is 0.375. The van der Waals surface area contributed by atoms with E-state index in [1.54, 1.807) is 4.68 Å². The molecule has 0 aliphatic heterocycles. The molecule has 0 fully saturated rings. The zero-order valence-electron chi connectivity index (χ0n) is 13.3. The number of carbonyl (C=O) groups is 1. The van der Waals surface area contributed by atoms with E-state index in [2.05, 4.69) is 26.3 Å². The van der Waals surface area contributed by atoms with Gasteiger partial charge in [0.15, 0.2) is 5.69 Å². The summed E-state index contributed by atoms with van der Waals surface area (Å²) in [6, 6.07) is 7.57. The number of nitrogens with one attached hydrogen (secondary N) is 1. The number of halogens is 4. The second kappa shape index (κ2) is 7.80. The van der Waals surface area contributed by atoms with Crippen molar-refractivity contribution < 1.29 is 13.6 Å². The van der Waals surface area contributed by atoms with Gasteiger partial charge in [0.25, 0.3) is 11.8 Å². The van der Waals surface area contributed by atoms with E-state index in [1.165, 1.54) is 0 Å². The number of carbonyl (C=O) groups excluding carboxylic acids is 1. The Hall–Kier alpha value is -1.51. The molecule has 1 aliphatic rings. The Kier molecular flexibility index (Phi) is 6.18. The molecule has 3 N–H and O–H groups in total. The van der Waals surface area contributed by atoms with Gasteiger partial charge in [0, 0.05) is 15.7 Å². The highest BCUT2D eigenvalue weighted by Gasteiger charge is 2.31. The summed E-state index contributed by atoms with van der Waals surface area (Å²) in [5.41, 5.74) is 7.83. The lowest BCUT2D eigenvalue weighted by Crippen LogP contribution is -2.41. The number of hydrogen-bond donors (Lipinski definition) is 2. The molecule has 0 bridgehead atoms. The number of fused-ring (bicyclic) bond motifs is 1. The predicted molar refractivity (Wildman–Crippen MR) is 96.9 cm³/mol. The fourth-order valence-electron chi connectivity index (χ4n) is 2.81. The van der Waals surface area contributed by atoms with Crippen LogP contribution in [0.3, 0.4) is 0 Å². The Morgan fingerprint density at radius 2 is 2.16 bits per heavy atom. The summed E-state index contributed by atoms with van der Waals surface area (Å²) in [5, 5.41) is 6.62. The van der Waals surface area contributed by atoms with Crippen LogP contribution in [0.15, 0.2) is 28.7 Å². The zero-order chi connectivity index (χ0) is 17.3. The van der Waals surface area contributed by atoms with Gasteiger partial charge in [0.1, 0.15) is 0 Å². The lowest BCUT2D eigenvalue weighted by molar-refractivity contribution is 0.0118. The highest BCUT2D eigenvalue weighted by molar-refractivity contribution is 9.10. The molecular formula is C16H18BrClF2N4O. The summed E-state index contributed by atoms with van der Waals surface area (Å²) in [6.45, 7) is -1.60. The van der Waals surface area contributed by atoms with E-state index in [4.69, 9.17) is 5.73 Å². The molecule has 1 heterocycles. The molecule has 1 amide bonds. The van der Waals surface area contributed by atoms with Gasteiger partial charge in [-0.25, -0.2) is 13.5 Å². The lowest BCUT2D eigenvalue weighted by atomic mass is 10.2. The largest absolute Gasteiger partial charge is 0.345 e. The molecule has 0 spiro atoms. The molecule has 1 aliphatic carbocycles. The van der Waals surface area contributed by atoms with Crippen molar-refractivity contribution in [3.05, 3.63) is 45.7 Å². The Balaban J connectivity index is 0.00000225. The molecule has 25 heavy (non-hydrogen) atoms. The molecule has 2 aromatic rings. The van der Waals surface area contributed by atoms with Gasteiger partial charge in [-0.2, -0.15) is 5.10 Å². The van der Waals surface area contributed by atoms with Crippen molar-refractivity contribution in [2.24, 2.45) is 5.73 Å². The Morgan fingerprint density at radius 1 is 1.40 bits per heavy atom. The van der Waals surface area contributed by atoms with Gasteiger partial charge in [-0.05, 0) is 37.5 Å². The van der Waals surface area contributed by atoms with Crippen molar-refractivity contribution >= 4 is 34.2 Å². The van der Waals surface area contributed by atoms with E-state index in [9.17, 15) is 13.6 Å². The first-order chi connectivity index (χ1) is 11.4. The number of benzene rings is 1. The SMILES string of the molecule is Cl.NCC(F)(F)CNC(=O)c1nn(-c2cccc(Br)c2)c2c1CCC2. The standard InChI is InChI=1S/C16H17BrF2N4O.ClH/c17-10-3-1-4-11(7-10)23-13-6-2-5-12(13)14(22-23)15(24)21-9-16(18,19)8-20;/h1,3-4,7H,2,5-6,8-9,20H2,(H,21,24);1H. The maximum Gasteiger partial charge on any atom is 0.277 e. The minimum Gasteiger partial charge on any atom is -0.345 e. The van der Waals surface area contributed by atoms with Crippen LogP contribution in [0, 0.1) is 0 Å². The van der Waals surface area contributed by atoms with Crippen LogP contribution in [0.4, 0.5) is 8.78 Å². The number of nitrogens with two attached hydrogens (primary N) is 1. The van der Waals surface area contributed by atoms with Crippen LogP contribution in [0.5, 0.6) is 0 Å². The monoisotopic (exact) mass is 434 g/mol. The van der Waals surface area contributed by atoms with Gasteiger partial charge >= 0.3 is 0 Å². The minimum absolute atomic E-state index is 0. The molecule has 136 valence electrons. The van der Waals surface area contributed by atoms with Crippen LogP contribution < -0.4 is 11.1 Å². The average Bonchev–Trinajstić information content (AvgIpc) is 3.15. The van der Waals surface area contributed by atoms with Crippen LogP contribution in [-0.4, -0.2) is 34.7 Å². The van der Waals surface area contributed by atoms with Gasteiger partial charge in [-0.1, -0.05) is 22.0 Å². The number of aromatic nitrogens is 2. The normalized spacial score (nSPS) is 13.3. The molecule has 1 aromatic heterocycles. The molecule has 9 heteroatoms. The Bertz CT molecular complexity index is 781. The van der Waals surface area contributed by atoms with Crippen molar-refractivity contribution in [2.75, 3.05) is 13.1 Å². The maximum absolute atomic E-state index is 13.2. The van der Waals surface area contributed by atoms with Crippen LogP contribution in [0.1, 0.15) is 28.2 Å². The summed E-state index contributed by atoms with van der Waals surface area (Å²) in [6.07, 6.45) is 2.45. The predicted octanol–water partition coefficient (Wildman–Crippen LogP) is 2.87. The number of hydrogen-bond acceptors (Lipinski definition) is 3. The molecule has 0 unspecified atom stereocenters. The van der Waals surface area contributed by atoms with Crippen molar-refractivity contribution in [1.82, 2.24) is 15.1 Å². The van der Waals surface area contributed by atoms with Crippen LogP contribution in [0.2, 0.25) is 0 Å². The molecule has 5 nitrogen and oxygen atoms in total. The lowest BCUT2D eigenvalue weighted by Gasteiger charge is -2.14. The van der Waals surface area contributed by atoms with E-state index in [0.29, 0.717) is 0 Å². The number of alkyl halides is 2.